The fraction of sp³-hybridized carbons (Fsp3) is 0.412. The van der Waals surface area contributed by atoms with Crippen molar-refractivity contribution in [3.63, 3.8) is 0 Å². The topological polar surface area (TPSA) is 77.4 Å². The van der Waals surface area contributed by atoms with Crippen molar-refractivity contribution >= 4 is 29.2 Å². The van der Waals surface area contributed by atoms with Gasteiger partial charge in [0.1, 0.15) is 24.7 Å². The van der Waals surface area contributed by atoms with E-state index < -0.39 is 0 Å². The molecular formula is C17H20N4O3S. The number of thioether (sulfide) groups is 1. The fourth-order valence-corrected chi connectivity index (χ4v) is 3.73. The highest BCUT2D eigenvalue weighted by molar-refractivity contribution is 7.99. The molecule has 4 rings (SSSR count). The summed E-state index contributed by atoms with van der Waals surface area (Å²) in [6, 6.07) is 5.88. The second-order valence-electron chi connectivity index (χ2n) is 5.86. The lowest BCUT2D eigenvalue weighted by atomic mass is 10.3. The van der Waals surface area contributed by atoms with Crippen LogP contribution >= 0.6 is 11.8 Å². The highest BCUT2D eigenvalue weighted by Crippen LogP contribution is 2.34. The molecule has 25 heavy (non-hydrogen) atoms. The van der Waals surface area contributed by atoms with E-state index in [1.165, 1.54) is 0 Å². The van der Waals surface area contributed by atoms with Gasteiger partial charge < -0.3 is 20.1 Å². The van der Waals surface area contributed by atoms with Crippen molar-refractivity contribution in [3.8, 4) is 11.5 Å². The molecule has 2 N–H and O–H groups in total. The second kappa shape index (κ2) is 7.26. The van der Waals surface area contributed by atoms with Crippen LogP contribution < -0.4 is 20.1 Å². The minimum absolute atomic E-state index is 0.00628. The molecule has 1 aromatic carbocycles. The maximum absolute atomic E-state index is 12.2. The molecule has 2 aromatic rings. The van der Waals surface area contributed by atoms with Crippen LogP contribution in [-0.4, -0.2) is 41.2 Å². The van der Waals surface area contributed by atoms with Crippen LogP contribution in [0.2, 0.25) is 0 Å². The third-order valence-corrected chi connectivity index (χ3v) is 5.06. The number of hydrogen-bond donors (Lipinski definition) is 2. The molecule has 0 unspecified atom stereocenters. The molecule has 3 heterocycles. The molecule has 0 saturated carbocycles. The zero-order chi connectivity index (χ0) is 17.1. The lowest BCUT2D eigenvalue weighted by Gasteiger charge is -2.18. The van der Waals surface area contributed by atoms with Gasteiger partial charge in [-0.2, -0.15) is 5.10 Å². The minimum Gasteiger partial charge on any atom is -0.486 e. The van der Waals surface area contributed by atoms with E-state index in [0.29, 0.717) is 25.4 Å². The average Bonchev–Trinajstić information content (AvgIpc) is 3.05. The van der Waals surface area contributed by atoms with Crippen molar-refractivity contribution in [1.29, 1.82) is 0 Å². The Morgan fingerprint density at radius 2 is 2.20 bits per heavy atom. The van der Waals surface area contributed by atoms with E-state index in [4.69, 9.17) is 9.47 Å². The molecule has 0 atom stereocenters. The van der Waals surface area contributed by atoms with Crippen molar-refractivity contribution in [3.05, 3.63) is 24.4 Å². The van der Waals surface area contributed by atoms with Crippen LogP contribution in [0.4, 0.5) is 11.5 Å². The summed E-state index contributed by atoms with van der Waals surface area (Å²) < 4.78 is 13.0. The van der Waals surface area contributed by atoms with Crippen LogP contribution in [0, 0.1) is 0 Å². The Balaban J connectivity index is 1.28. The van der Waals surface area contributed by atoms with Crippen LogP contribution in [0.25, 0.3) is 0 Å². The first-order valence-electron chi connectivity index (χ1n) is 8.41. The number of anilines is 2. The molecule has 132 valence electrons. The standard InChI is InChI=1S/C17H20N4O3S/c22-16(20-13-11-19-21-6-1-5-18-17(13)21)4-9-25-12-2-3-14-15(10-12)24-8-7-23-14/h2-3,10-11,18H,1,4-9H2,(H,20,22). The number of benzene rings is 1. The molecule has 0 aliphatic carbocycles. The van der Waals surface area contributed by atoms with Gasteiger partial charge in [-0.3, -0.25) is 4.79 Å². The summed E-state index contributed by atoms with van der Waals surface area (Å²) in [5.74, 6) is 3.15. The predicted octanol–water partition coefficient (Wildman–Crippen LogP) is 2.59. The first kappa shape index (κ1) is 16.1. The van der Waals surface area contributed by atoms with Crippen molar-refractivity contribution in [2.24, 2.45) is 0 Å². The highest BCUT2D eigenvalue weighted by Gasteiger charge is 2.16. The highest BCUT2D eigenvalue weighted by atomic mass is 32.2. The number of ether oxygens (including phenoxy) is 2. The summed E-state index contributed by atoms with van der Waals surface area (Å²) in [5, 5.41) is 10.5. The number of aromatic nitrogens is 2. The summed E-state index contributed by atoms with van der Waals surface area (Å²) in [4.78, 5) is 13.3. The van der Waals surface area contributed by atoms with E-state index in [2.05, 4.69) is 15.7 Å². The van der Waals surface area contributed by atoms with Gasteiger partial charge in [-0.05, 0) is 24.6 Å². The number of hydrogen-bond acceptors (Lipinski definition) is 6. The van der Waals surface area contributed by atoms with Gasteiger partial charge in [0.2, 0.25) is 5.91 Å². The molecule has 0 radical (unpaired) electrons. The van der Waals surface area contributed by atoms with Crippen LogP contribution in [0.15, 0.2) is 29.3 Å². The van der Waals surface area contributed by atoms with Gasteiger partial charge in [0.25, 0.3) is 0 Å². The van der Waals surface area contributed by atoms with Crippen molar-refractivity contribution in [2.45, 2.75) is 24.3 Å². The van der Waals surface area contributed by atoms with Crippen molar-refractivity contribution in [1.82, 2.24) is 9.78 Å². The quantitative estimate of drug-likeness (QED) is 0.798. The van der Waals surface area contributed by atoms with Gasteiger partial charge in [-0.25, -0.2) is 4.68 Å². The van der Waals surface area contributed by atoms with E-state index >= 15 is 0 Å². The van der Waals surface area contributed by atoms with Crippen LogP contribution in [0.3, 0.4) is 0 Å². The summed E-state index contributed by atoms with van der Waals surface area (Å²) in [5.41, 5.74) is 0.758. The molecule has 1 aromatic heterocycles. The molecular weight excluding hydrogens is 340 g/mol. The third kappa shape index (κ3) is 3.68. The Labute approximate surface area is 150 Å². The van der Waals surface area contributed by atoms with Gasteiger partial charge in [0.05, 0.1) is 6.20 Å². The minimum atomic E-state index is -0.00628. The number of aryl methyl sites for hydroxylation is 1. The average molecular weight is 360 g/mol. The Morgan fingerprint density at radius 1 is 1.32 bits per heavy atom. The van der Waals surface area contributed by atoms with Gasteiger partial charge >= 0.3 is 0 Å². The van der Waals surface area contributed by atoms with Crippen molar-refractivity contribution < 1.29 is 14.3 Å². The summed E-state index contributed by atoms with van der Waals surface area (Å²) in [7, 11) is 0. The zero-order valence-electron chi connectivity index (χ0n) is 13.8. The van der Waals surface area contributed by atoms with Crippen LogP contribution in [-0.2, 0) is 11.3 Å². The summed E-state index contributed by atoms with van der Waals surface area (Å²) >= 11 is 1.63. The van der Waals surface area contributed by atoms with Gasteiger partial charge in [-0.15, -0.1) is 11.8 Å². The molecule has 0 fully saturated rings. The van der Waals surface area contributed by atoms with E-state index in [1.807, 2.05) is 22.9 Å². The second-order valence-corrected chi connectivity index (χ2v) is 7.03. The van der Waals surface area contributed by atoms with Crippen LogP contribution in [0.1, 0.15) is 12.8 Å². The number of nitrogens with one attached hydrogen (secondary N) is 2. The Bertz CT molecular complexity index is 777. The van der Waals surface area contributed by atoms with Gasteiger partial charge in [0.15, 0.2) is 11.5 Å². The third-order valence-electron chi connectivity index (χ3n) is 4.06. The predicted molar refractivity (Wildman–Crippen MR) is 96.7 cm³/mol. The number of fused-ring (bicyclic) bond motifs is 2. The molecule has 2 aliphatic rings. The Hall–Kier alpha value is -2.35. The van der Waals surface area contributed by atoms with E-state index in [0.717, 1.165) is 47.4 Å². The number of carbonyl (C=O) groups excluding carboxylic acids is 1. The molecule has 0 spiro atoms. The first-order chi connectivity index (χ1) is 12.3. The van der Waals surface area contributed by atoms with Gasteiger partial charge in [0, 0.05) is 30.2 Å². The monoisotopic (exact) mass is 360 g/mol. The number of rotatable bonds is 5. The van der Waals surface area contributed by atoms with E-state index in [-0.39, 0.29) is 5.91 Å². The number of carbonyl (C=O) groups is 1. The summed E-state index contributed by atoms with van der Waals surface area (Å²) in [6.07, 6.45) is 3.19. The molecule has 7 nitrogen and oxygen atoms in total. The van der Waals surface area contributed by atoms with Crippen molar-refractivity contribution in [2.75, 3.05) is 36.1 Å². The van der Waals surface area contributed by atoms with E-state index in [9.17, 15) is 4.79 Å². The zero-order valence-corrected chi connectivity index (χ0v) is 14.6. The Morgan fingerprint density at radius 3 is 3.12 bits per heavy atom. The maximum Gasteiger partial charge on any atom is 0.225 e. The molecule has 0 saturated heterocycles. The normalized spacial score (nSPS) is 15.2. The van der Waals surface area contributed by atoms with Crippen LogP contribution in [0.5, 0.6) is 11.5 Å². The maximum atomic E-state index is 12.2. The lowest BCUT2D eigenvalue weighted by Crippen LogP contribution is -2.19. The number of nitrogens with zero attached hydrogens (tertiary/aromatic N) is 2. The lowest BCUT2D eigenvalue weighted by molar-refractivity contribution is -0.115. The Kier molecular flexibility index (Phi) is 4.69. The SMILES string of the molecule is O=C(CCSc1ccc2c(c1)OCCO2)Nc1cnn2c1NCCC2. The molecule has 1 amide bonds. The molecule has 8 heteroatoms. The first-order valence-corrected chi connectivity index (χ1v) is 9.40. The van der Waals surface area contributed by atoms with Gasteiger partial charge in [-0.1, -0.05) is 0 Å². The molecule has 2 aliphatic heterocycles. The summed E-state index contributed by atoms with van der Waals surface area (Å²) in [6.45, 7) is 2.97. The molecule has 0 bridgehead atoms. The fourth-order valence-electron chi connectivity index (χ4n) is 2.86. The number of amides is 1. The smallest absolute Gasteiger partial charge is 0.225 e. The largest absolute Gasteiger partial charge is 0.486 e. The van der Waals surface area contributed by atoms with E-state index in [1.54, 1.807) is 18.0 Å².